The third kappa shape index (κ3) is 4.48. The molecule has 0 aromatic heterocycles. The van der Waals surface area contributed by atoms with E-state index in [4.69, 9.17) is 16.3 Å². The monoisotopic (exact) mass is 533 g/mol. The number of sulfonamides is 1. The molecular weight excluding hydrogens is 517 g/mol. The number of fused-ring (bicyclic) bond motifs is 2. The van der Waals surface area contributed by atoms with Crippen LogP contribution in [-0.4, -0.2) is 50.3 Å². The molecule has 0 saturated carbocycles. The van der Waals surface area contributed by atoms with Gasteiger partial charge in [0.25, 0.3) is 27.5 Å². The molecule has 2 amide bonds. The number of carbonyl (C=O) groups excluding carboxylic acids is 2. The maximum atomic E-state index is 13.0. The Morgan fingerprint density at radius 2 is 1.61 bits per heavy atom. The fraction of sp³-hybridized carbons (Fsp3) is 0.130. The molecule has 36 heavy (non-hydrogen) atoms. The van der Waals surface area contributed by atoms with Crippen molar-refractivity contribution in [1.29, 1.82) is 0 Å². The van der Waals surface area contributed by atoms with Gasteiger partial charge >= 0.3 is 0 Å². The summed E-state index contributed by atoms with van der Waals surface area (Å²) >= 11 is 5.97. The van der Waals surface area contributed by atoms with Gasteiger partial charge in [-0.2, -0.15) is 0 Å². The molecule has 0 saturated heterocycles. The summed E-state index contributed by atoms with van der Waals surface area (Å²) in [5.74, 6) is -0.944. The van der Waals surface area contributed by atoms with E-state index in [0.29, 0.717) is 11.1 Å². The molecule has 10 nitrogen and oxygen atoms in total. The van der Waals surface area contributed by atoms with Crippen molar-refractivity contribution in [2.45, 2.75) is 4.90 Å². The van der Waals surface area contributed by atoms with Crippen molar-refractivity contribution < 1.29 is 32.1 Å². The van der Waals surface area contributed by atoms with Crippen molar-refractivity contribution in [1.82, 2.24) is 4.90 Å². The van der Waals surface area contributed by atoms with Crippen LogP contribution in [0, 0.1) is 15.9 Å². The van der Waals surface area contributed by atoms with Crippen LogP contribution in [-0.2, 0) is 10.0 Å². The number of imide groups is 1. The normalized spacial score (nSPS) is 14.4. The maximum Gasteiger partial charge on any atom is 0.273 e. The van der Waals surface area contributed by atoms with Gasteiger partial charge in [0.15, 0.2) is 5.75 Å². The molecule has 2 heterocycles. The van der Waals surface area contributed by atoms with Crippen LogP contribution < -0.4 is 9.04 Å². The minimum Gasteiger partial charge on any atom is -0.488 e. The molecule has 0 bridgehead atoms. The van der Waals surface area contributed by atoms with Crippen LogP contribution in [0.5, 0.6) is 5.75 Å². The standard InChI is InChI=1S/C14H10ClFN2O5S.C9H7NO2/c15-12-7-10(18(19)20)8-13-14(12)23-6-5-17(13)24(21,22)11-3-1-9(16)2-4-11;1-10-8(11)6-4-2-3-5-7(6)9(10)12/h1-4,7-8H,5-6H2;2-5H,1H3. The lowest BCUT2D eigenvalue weighted by Crippen LogP contribution is -2.38. The summed E-state index contributed by atoms with van der Waals surface area (Å²) in [6, 6.07) is 13.3. The number of benzene rings is 3. The van der Waals surface area contributed by atoms with Gasteiger partial charge in [-0.05, 0) is 36.4 Å². The number of ether oxygens (including phenoxy) is 1. The van der Waals surface area contributed by atoms with Crippen molar-refractivity contribution in [3.63, 3.8) is 0 Å². The summed E-state index contributed by atoms with van der Waals surface area (Å²) in [4.78, 5) is 33.9. The van der Waals surface area contributed by atoms with Gasteiger partial charge in [-0.15, -0.1) is 0 Å². The Labute approximate surface area is 209 Å². The number of non-ortho nitro benzene ring substituents is 1. The van der Waals surface area contributed by atoms with Crippen LogP contribution in [0.2, 0.25) is 5.02 Å². The predicted molar refractivity (Wildman–Crippen MR) is 127 cm³/mol. The lowest BCUT2D eigenvalue weighted by atomic mass is 10.1. The molecule has 3 aromatic carbocycles. The molecular formula is C23H17ClFN3O7S. The number of amides is 2. The van der Waals surface area contributed by atoms with Crippen molar-refractivity contribution in [2.75, 3.05) is 24.5 Å². The number of rotatable bonds is 3. The minimum atomic E-state index is -4.05. The second-order valence-electron chi connectivity index (χ2n) is 7.63. The number of hydrogen-bond donors (Lipinski definition) is 0. The molecule has 186 valence electrons. The fourth-order valence-electron chi connectivity index (χ4n) is 3.64. The van der Waals surface area contributed by atoms with Gasteiger partial charge in [0.2, 0.25) is 0 Å². The van der Waals surface area contributed by atoms with Gasteiger partial charge in [-0.1, -0.05) is 23.7 Å². The fourth-order valence-corrected chi connectivity index (χ4v) is 5.35. The summed E-state index contributed by atoms with van der Waals surface area (Å²) in [5, 5.41) is 10.9. The van der Waals surface area contributed by atoms with Crippen LogP contribution in [0.15, 0.2) is 65.6 Å². The largest absolute Gasteiger partial charge is 0.488 e. The quantitative estimate of drug-likeness (QED) is 0.284. The Kier molecular flexibility index (Phi) is 6.65. The molecule has 5 rings (SSSR count). The number of nitro groups is 1. The van der Waals surface area contributed by atoms with Crippen molar-refractivity contribution >= 4 is 44.8 Å². The van der Waals surface area contributed by atoms with E-state index >= 15 is 0 Å². The van der Waals surface area contributed by atoms with E-state index in [0.717, 1.165) is 45.6 Å². The van der Waals surface area contributed by atoms with Gasteiger partial charge in [-0.3, -0.25) is 28.9 Å². The maximum absolute atomic E-state index is 13.0. The number of halogens is 2. The van der Waals surface area contributed by atoms with Crippen LogP contribution in [0.4, 0.5) is 15.8 Å². The van der Waals surface area contributed by atoms with E-state index in [2.05, 4.69) is 0 Å². The van der Waals surface area contributed by atoms with Crippen LogP contribution in [0.1, 0.15) is 20.7 Å². The Hall–Kier alpha value is -4.03. The SMILES string of the molecule is CN1C(=O)c2ccccc2C1=O.O=[N+]([O-])c1cc(Cl)c2c(c1)N(S(=O)(=O)c1ccc(F)cc1)CCO2. The zero-order valence-electron chi connectivity index (χ0n) is 18.6. The molecule has 0 fully saturated rings. The topological polar surface area (TPSA) is 127 Å². The molecule has 0 aliphatic carbocycles. The summed E-state index contributed by atoms with van der Waals surface area (Å²) < 4.78 is 44.9. The first-order chi connectivity index (χ1) is 17.0. The van der Waals surface area contributed by atoms with Gasteiger partial charge in [0.1, 0.15) is 18.1 Å². The van der Waals surface area contributed by atoms with Crippen molar-refractivity contribution in [3.05, 3.63) is 92.7 Å². The lowest BCUT2D eigenvalue weighted by Gasteiger charge is -2.30. The van der Waals surface area contributed by atoms with E-state index in [9.17, 15) is 32.5 Å². The zero-order chi connectivity index (χ0) is 26.2. The van der Waals surface area contributed by atoms with E-state index in [-0.39, 0.29) is 52.0 Å². The summed E-state index contributed by atoms with van der Waals surface area (Å²) in [5.41, 5.74) is 0.628. The first-order valence-electron chi connectivity index (χ1n) is 10.3. The highest BCUT2D eigenvalue weighted by molar-refractivity contribution is 7.92. The van der Waals surface area contributed by atoms with Gasteiger partial charge in [0, 0.05) is 19.2 Å². The van der Waals surface area contributed by atoms with E-state index in [1.54, 1.807) is 24.3 Å². The highest BCUT2D eigenvalue weighted by atomic mass is 35.5. The lowest BCUT2D eigenvalue weighted by molar-refractivity contribution is -0.384. The van der Waals surface area contributed by atoms with Crippen LogP contribution in [0.25, 0.3) is 0 Å². The second-order valence-corrected chi connectivity index (χ2v) is 9.90. The average Bonchev–Trinajstić information content (AvgIpc) is 3.08. The molecule has 0 radical (unpaired) electrons. The average molecular weight is 534 g/mol. The Balaban J connectivity index is 0.000000211. The number of nitrogens with zero attached hydrogens (tertiary/aromatic N) is 3. The molecule has 0 unspecified atom stereocenters. The summed E-state index contributed by atoms with van der Waals surface area (Å²) in [7, 11) is -2.56. The number of carbonyl (C=O) groups is 2. The second kappa shape index (κ2) is 9.55. The Morgan fingerprint density at radius 1 is 1.03 bits per heavy atom. The summed E-state index contributed by atoms with van der Waals surface area (Å²) in [6.45, 7) is -0.0187. The third-order valence-corrected chi connectivity index (χ3v) is 7.54. The van der Waals surface area contributed by atoms with Gasteiger partial charge in [-0.25, -0.2) is 12.8 Å². The number of nitro benzene ring substituents is 1. The van der Waals surface area contributed by atoms with E-state index in [1.165, 1.54) is 7.05 Å². The molecule has 3 aromatic rings. The highest BCUT2D eigenvalue weighted by Gasteiger charge is 2.33. The molecule has 13 heteroatoms. The van der Waals surface area contributed by atoms with E-state index < -0.39 is 20.8 Å². The molecule has 0 N–H and O–H groups in total. The molecule has 2 aliphatic rings. The van der Waals surface area contributed by atoms with Gasteiger partial charge in [0.05, 0.1) is 32.5 Å². The first-order valence-corrected chi connectivity index (χ1v) is 12.1. The van der Waals surface area contributed by atoms with Crippen LogP contribution >= 0.6 is 11.6 Å². The molecule has 0 atom stereocenters. The number of anilines is 1. The molecule has 2 aliphatic heterocycles. The van der Waals surface area contributed by atoms with E-state index in [1.807, 2.05) is 0 Å². The highest BCUT2D eigenvalue weighted by Crippen LogP contribution is 2.43. The van der Waals surface area contributed by atoms with Crippen LogP contribution in [0.3, 0.4) is 0 Å². The third-order valence-electron chi connectivity index (χ3n) is 5.43. The Bertz CT molecular complexity index is 1460. The predicted octanol–water partition coefficient (Wildman–Crippen LogP) is 3.89. The first kappa shape index (κ1) is 25.1. The minimum absolute atomic E-state index is 0.0234. The number of hydrogen-bond acceptors (Lipinski definition) is 7. The van der Waals surface area contributed by atoms with Crippen molar-refractivity contribution in [3.8, 4) is 5.75 Å². The molecule has 0 spiro atoms. The Morgan fingerprint density at radius 3 is 2.17 bits per heavy atom. The summed E-state index contributed by atoms with van der Waals surface area (Å²) in [6.07, 6.45) is 0. The van der Waals surface area contributed by atoms with Crippen molar-refractivity contribution in [2.24, 2.45) is 0 Å². The zero-order valence-corrected chi connectivity index (χ0v) is 20.1. The van der Waals surface area contributed by atoms with Gasteiger partial charge < -0.3 is 4.74 Å². The smallest absolute Gasteiger partial charge is 0.273 e.